The minimum absolute atomic E-state index is 0.828. The summed E-state index contributed by atoms with van der Waals surface area (Å²) in [7, 11) is 0. The van der Waals surface area contributed by atoms with Gasteiger partial charge in [-0.1, -0.05) is 84.9 Å². The van der Waals surface area contributed by atoms with E-state index in [-0.39, 0.29) is 0 Å². The molecule has 0 saturated carbocycles. The van der Waals surface area contributed by atoms with Gasteiger partial charge in [-0.2, -0.15) is 0 Å². The van der Waals surface area contributed by atoms with E-state index in [0.717, 1.165) is 67.4 Å². The fraction of sp³-hybridized carbons (Fsp3) is 0.0185. The number of benzene rings is 8. The molecule has 13 rings (SSSR count). The maximum absolute atomic E-state index is 6.18. The van der Waals surface area contributed by atoms with Gasteiger partial charge < -0.3 is 18.1 Å². The minimum atomic E-state index is 0.828. The van der Waals surface area contributed by atoms with E-state index in [9.17, 15) is 0 Å². The molecule has 0 spiro atoms. The monoisotopic (exact) mass is 754 g/mol. The molecule has 5 heteroatoms. The fourth-order valence-corrected chi connectivity index (χ4v) is 9.72. The Hall–Kier alpha value is -7.89. The second-order valence-electron chi connectivity index (χ2n) is 15.6. The van der Waals surface area contributed by atoms with E-state index in [1.807, 2.05) is 24.4 Å². The lowest BCUT2D eigenvalue weighted by atomic mass is 10.0. The standard InChI is InChI=1S/C54H34N4O/c1-2-11-36(12-3-1)56-50-26-22-37(33-45(50)54-51(56)18-10-28-55-54)57-46-16-7-4-13-39(46)42-30-34(20-24-48(42)57)29-35-21-25-49-43(31-35)40-14-5-8-17-47(40)58(49)38-23-27-53-44(32-38)41-15-6-9-19-52(41)59-53/h1-28,30-33H,29H2. The van der Waals surface area contributed by atoms with Gasteiger partial charge in [0, 0.05) is 61.0 Å². The number of fused-ring (bicyclic) bond motifs is 12. The first-order chi connectivity index (χ1) is 29.2. The second kappa shape index (κ2) is 12.3. The summed E-state index contributed by atoms with van der Waals surface area (Å²) in [5.41, 5.74) is 15.8. The van der Waals surface area contributed by atoms with Gasteiger partial charge in [0.2, 0.25) is 0 Å². The third-order valence-electron chi connectivity index (χ3n) is 12.3. The number of furan rings is 1. The smallest absolute Gasteiger partial charge is 0.135 e. The summed E-state index contributed by atoms with van der Waals surface area (Å²) in [6.07, 6.45) is 2.72. The minimum Gasteiger partial charge on any atom is -0.456 e. The Morgan fingerprint density at radius 2 is 0.847 bits per heavy atom. The lowest BCUT2D eigenvalue weighted by Gasteiger charge is -2.10. The highest BCUT2D eigenvalue weighted by Crippen LogP contribution is 2.39. The van der Waals surface area contributed by atoms with Crippen LogP contribution in [0.25, 0.3) is 105 Å². The van der Waals surface area contributed by atoms with Gasteiger partial charge in [-0.15, -0.1) is 0 Å². The van der Waals surface area contributed by atoms with Gasteiger partial charge in [0.25, 0.3) is 0 Å². The van der Waals surface area contributed by atoms with Crippen molar-refractivity contribution in [3.05, 3.63) is 205 Å². The third-order valence-corrected chi connectivity index (χ3v) is 12.3. The van der Waals surface area contributed by atoms with Gasteiger partial charge in [-0.25, -0.2) is 0 Å². The van der Waals surface area contributed by atoms with Crippen molar-refractivity contribution in [1.29, 1.82) is 0 Å². The first-order valence-electron chi connectivity index (χ1n) is 20.2. The van der Waals surface area contributed by atoms with Crippen LogP contribution in [-0.2, 0) is 6.42 Å². The van der Waals surface area contributed by atoms with E-state index in [0.29, 0.717) is 0 Å². The van der Waals surface area contributed by atoms with Crippen molar-refractivity contribution in [2.45, 2.75) is 6.42 Å². The topological polar surface area (TPSA) is 40.8 Å². The van der Waals surface area contributed by atoms with E-state index >= 15 is 0 Å². The highest BCUT2D eigenvalue weighted by atomic mass is 16.3. The van der Waals surface area contributed by atoms with Crippen LogP contribution in [-0.4, -0.2) is 18.7 Å². The molecule has 276 valence electrons. The zero-order valence-corrected chi connectivity index (χ0v) is 31.9. The molecule has 0 saturated heterocycles. The molecule has 0 fully saturated rings. The van der Waals surface area contributed by atoms with E-state index in [4.69, 9.17) is 9.40 Å². The maximum Gasteiger partial charge on any atom is 0.135 e. The van der Waals surface area contributed by atoms with Crippen LogP contribution in [0.2, 0.25) is 0 Å². The predicted octanol–water partition coefficient (Wildman–Crippen LogP) is 13.9. The Labute approximate surface area is 338 Å². The second-order valence-corrected chi connectivity index (χ2v) is 15.6. The van der Waals surface area contributed by atoms with Gasteiger partial charge in [0.15, 0.2) is 0 Å². The molecule has 5 nitrogen and oxygen atoms in total. The number of para-hydroxylation sites is 4. The molecule has 5 heterocycles. The van der Waals surface area contributed by atoms with Crippen LogP contribution < -0.4 is 0 Å². The van der Waals surface area contributed by atoms with Crippen LogP contribution in [0.1, 0.15) is 11.1 Å². The molecule has 0 N–H and O–H groups in total. The van der Waals surface area contributed by atoms with Crippen LogP contribution in [0.4, 0.5) is 0 Å². The van der Waals surface area contributed by atoms with Crippen molar-refractivity contribution < 1.29 is 4.42 Å². The molecule has 5 aromatic heterocycles. The Kier molecular flexibility index (Phi) is 6.72. The number of nitrogens with zero attached hydrogens (tertiary/aromatic N) is 4. The summed E-state index contributed by atoms with van der Waals surface area (Å²) in [6, 6.07) is 67.9. The van der Waals surface area contributed by atoms with Gasteiger partial charge in [-0.3, -0.25) is 4.98 Å². The average Bonchev–Trinajstić information content (AvgIpc) is 4.02. The largest absolute Gasteiger partial charge is 0.456 e. The molecule has 0 amide bonds. The van der Waals surface area contributed by atoms with Gasteiger partial charge in [-0.05, 0) is 121 Å². The highest BCUT2D eigenvalue weighted by molar-refractivity contribution is 6.13. The van der Waals surface area contributed by atoms with E-state index in [2.05, 4.69) is 184 Å². The van der Waals surface area contributed by atoms with Crippen molar-refractivity contribution in [2.75, 3.05) is 0 Å². The van der Waals surface area contributed by atoms with Crippen LogP contribution in [0.15, 0.2) is 199 Å². The highest BCUT2D eigenvalue weighted by Gasteiger charge is 2.19. The Bertz CT molecular complexity index is 3820. The number of hydrogen-bond donors (Lipinski definition) is 0. The molecule has 59 heavy (non-hydrogen) atoms. The van der Waals surface area contributed by atoms with Crippen LogP contribution in [0.3, 0.4) is 0 Å². The quantitative estimate of drug-likeness (QED) is 0.176. The van der Waals surface area contributed by atoms with E-state index in [1.54, 1.807) is 0 Å². The molecule has 13 aromatic rings. The normalized spacial score (nSPS) is 12.1. The molecule has 0 bridgehead atoms. The summed E-state index contributed by atoms with van der Waals surface area (Å²) in [5, 5.41) is 8.41. The summed E-state index contributed by atoms with van der Waals surface area (Å²) in [5.74, 6) is 0. The van der Waals surface area contributed by atoms with Crippen LogP contribution in [0.5, 0.6) is 0 Å². The first-order valence-corrected chi connectivity index (χ1v) is 20.2. The summed E-state index contributed by atoms with van der Waals surface area (Å²) >= 11 is 0. The third kappa shape index (κ3) is 4.76. The van der Waals surface area contributed by atoms with E-state index in [1.165, 1.54) is 54.7 Å². The summed E-state index contributed by atoms with van der Waals surface area (Å²) in [6.45, 7) is 0. The molecule has 0 aliphatic rings. The number of pyridine rings is 1. The molecule has 0 unspecified atom stereocenters. The Morgan fingerprint density at radius 3 is 1.56 bits per heavy atom. The molecule has 0 atom stereocenters. The molecule has 0 radical (unpaired) electrons. The zero-order valence-electron chi connectivity index (χ0n) is 31.9. The molecular weight excluding hydrogens is 721 g/mol. The SMILES string of the molecule is c1ccc(-n2c3ccc(-n4c5ccccc5c5cc(Cc6ccc7c(c6)c6ccccc6n7-c6ccc7oc8ccccc8c7c6)ccc54)cc3c3ncccc32)cc1. The fourth-order valence-electron chi connectivity index (χ4n) is 9.72. The van der Waals surface area contributed by atoms with Gasteiger partial charge in [0.05, 0.1) is 38.6 Å². The first kappa shape index (κ1) is 32.2. The van der Waals surface area contributed by atoms with Crippen LogP contribution >= 0.6 is 0 Å². The van der Waals surface area contributed by atoms with Gasteiger partial charge >= 0.3 is 0 Å². The van der Waals surface area contributed by atoms with Crippen molar-refractivity contribution in [1.82, 2.24) is 18.7 Å². The average molecular weight is 755 g/mol. The van der Waals surface area contributed by atoms with Crippen molar-refractivity contribution in [3.63, 3.8) is 0 Å². The number of rotatable bonds is 5. The molecule has 0 aliphatic heterocycles. The number of hydrogen-bond acceptors (Lipinski definition) is 2. The van der Waals surface area contributed by atoms with Gasteiger partial charge in [0.1, 0.15) is 11.2 Å². The Balaban J connectivity index is 0.918. The lowest BCUT2D eigenvalue weighted by molar-refractivity contribution is 0.669. The van der Waals surface area contributed by atoms with Crippen molar-refractivity contribution >= 4 is 87.5 Å². The Morgan fingerprint density at radius 1 is 0.339 bits per heavy atom. The molecule has 0 aliphatic carbocycles. The van der Waals surface area contributed by atoms with Crippen LogP contribution in [0, 0.1) is 0 Å². The maximum atomic E-state index is 6.18. The zero-order chi connectivity index (χ0) is 38.6. The molecular formula is C54H34N4O. The summed E-state index contributed by atoms with van der Waals surface area (Å²) < 4.78 is 13.3. The summed E-state index contributed by atoms with van der Waals surface area (Å²) in [4.78, 5) is 4.89. The predicted molar refractivity (Wildman–Crippen MR) is 244 cm³/mol. The van der Waals surface area contributed by atoms with E-state index < -0.39 is 0 Å². The van der Waals surface area contributed by atoms with Crippen molar-refractivity contribution in [2.24, 2.45) is 0 Å². The lowest BCUT2D eigenvalue weighted by Crippen LogP contribution is -1.96. The van der Waals surface area contributed by atoms with Crippen molar-refractivity contribution in [3.8, 4) is 17.1 Å². The molecule has 8 aromatic carbocycles. The number of aromatic nitrogens is 4.